The Morgan fingerprint density at radius 2 is 2.30 bits per heavy atom. The van der Waals surface area contributed by atoms with Crippen LogP contribution in [0.3, 0.4) is 0 Å². The first-order valence-electron chi connectivity index (χ1n) is 6.74. The van der Waals surface area contributed by atoms with Crippen LogP contribution >= 0.6 is 22.9 Å². The lowest BCUT2D eigenvalue weighted by atomic mass is 10.1. The van der Waals surface area contributed by atoms with Gasteiger partial charge in [-0.15, -0.1) is 11.3 Å². The average Bonchev–Trinajstić information content (AvgIpc) is 2.82. The van der Waals surface area contributed by atoms with Crippen molar-refractivity contribution in [3.63, 3.8) is 0 Å². The summed E-state index contributed by atoms with van der Waals surface area (Å²) in [6, 6.07) is 3.01. The molecule has 0 bridgehead atoms. The highest BCUT2D eigenvalue weighted by Gasteiger charge is 2.21. The van der Waals surface area contributed by atoms with Crippen LogP contribution in [-0.2, 0) is 9.53 Å². The Hall–Kier alpha value is -2.18. The van der Waals surface area contributed by atoms with E-state index in [1.807, 2.05) is 6.92 Å². The predicted molar refractivity (Wildman–Crippen MR) is 87.0 cm³/mol. The van der Waals surface area contributed by atoms with E-state index in [2.05, 4.69) is 4.98 Å². The van der Waals surface area contributed by atoms with Crippen molar-refractivity contribution in [1.82, 2.24) is 4.98 Å². The zero-order valence-electron chi connectivity index (χ0n) is 12.0. The second kappa shape index (κ2) is 6.14. The summed E-state index contributed by atoms with van der Waals surface area (Å²) >= 11 is 7.34. The van der Waals surface area contributed by atoms with Crippen molar-refractivity contribution in [3.05, 3.63) is 55.6 Å². The van der Waals surface area contributed by atoms with Gasteiger partial charge in [-0.1, -0.05) is 11.6 Å². The van der Waals surface area contributed by atoms with E-state index in [1.165, 1.54) is 17.4 Å². The zero-order valence-corrected chi connectivity index (χ0v) is 13.5. The molecular weight excluding hydrogens is 341 g/mol. The summed E-state index contributed by atoms with van der Waals surface area (Å²) in [7, 11) is 0. The summed E-state index contributed by atoms with van der Waals surface area (Å²) in [4.78, 5) is 15.9. The summed E-state index contributed by atoms with van der Waals surface area (Å²) in [5.74, 6) is -1.14. The summed E-state index contributed by atoms with van der Waals surface area (Å²) < 4.78 is 19.8. The zero-order chi connectivity index (χ0) is 16.6. The normalized spacial score (nSPS) is 14.7. The van der Waals surface area contributed by atoms with Gasteiger partial charge < -0.3 is 9.84 Å². The maximum atomic E-state index is 13.6. The van der Waals surface area contributed by atoms with Crippen molar-refractivity contribution in [2.45, 2.75) is 6.92 Å². The van der Waals surface area contributed by atoms with E-state index in [4.69, 9.17) is 21.4 Å². The molecule has 7 heteroatoms. The van der Waals surface area contributed by atoms with Gasteiger partial charge in [0.05, 0.1) is 17.1 Å². The van der Waals surface area contributed by atoms with Gasteiger partial charge in [-0.2, -0.15) is 0 Å². The van der Waals surface area contributed by atoms with Crippen LogP contribution < -0.4 is 10.6 Å². The Morgan fingerprint density at radius 1 is 1.52 bits per heavy atom. The topological polar surface area (TPSA) is 59.4 Å². The number of rotatable bonds is 3. The molecule has 0 atom stereocenters. The van der Waals surface area contributed by atoms with Crippen LogP contribution in [0.15, 0.2) is 24.4 Å². The van der Waals surface area contributed by atoms with E-state index in [-0.39, 0.29) is 0 Å². The van der Waals surface area contributed by atoms with Gasteiger partial charge in [-0.25, -0.2) is 14.2 Å². The van der Waals surface area contributed by atoms with Crippen molar-refractivity contribution in [2.24, 2.45) is 0 Å². The first kappa shape index (κ1) is 15.7. The van der Waals surface area contributed by atoms with Crippen molar-refractivity contribution in [3.8, 4) is 0 Å². The van der Waals surface area contributed by atoms with Crippen molar-refractivity contribution >= 4 is 46.3 Å². The number of ether oxygens (including phenoxy) is 1. The molecule has 0 fully saturated rings. The molecule has 0 saturated carbocycles. The molecule has 1 N–H and O–H groups in total. The number of thiophene rings is 1. The second-order valence-corrected chi connectivity index (χ2v) is 6.41. The van der Waals surface area contributed by atoms with Crippen molar-refractivity contribution in [2.75, 3.05) is 6.61 Å². The van der Waals surface area contributed by atoms with E-state index in [0.717, 1.165) is 12.3 Å². The minimum absolute atomic E-state index is 0.388. The van der Waals surface area contributed by atoms with Crippen LogP contribution in [0.1, 0.15) is 17.4 Å². The standard InChI is InChI=1S/C16H11ClFNO3S/c1-2-22-15-11-6-12(17)23-16(11)9(5-13(20)21)3-8-4-10(18)7-19-14(8)15/h3-7H,2H2,1H3,(H,20,21). The third kappa shape index (κ3) is 3.00. The van der Waals surface area contributed by atoms with E-state index < -0.39 is 11.8 Å². The fraction of sp³-hybridized carbons (Fsp3) is 0.125. The van der Waals surface area contributed by atoms with Crippen LogP contribution in [-0.4, -0.2) is 22.7 Å². The second-order valence-electron chi connectivity index (χ2n) is 4.73. The summed E-state index contributed by atoms with van der Waals surface area (Å²) in [6.45, 7) is 2.21. The SMILES string of the molecule is CCOC1=c2ncc(F)cc2=CC(=CC(=O)O)c2sc(Cl)cc21. The quantitative estimate of drug-likeness (QED) is 0.863. The van der Waals surface area contributed by atoms with Crippen LogP contribution in [0, 0.1) is 5.82 Å². The highest BCUT2D eigenvalue weighted by molar-refractivity contribution is 7.17. The summed E-state index contributed by atoms with van der Waals surface area (Å²) in [6.07, 6.45) is 3.75. The first-order valence-corrected chi connectivity index (χ1v) is 7.94. The van der Waals surface area contributed by atoms with Gasteiger partial charge in [-0.3, -0.25) is 0 Å². The Labute approximate surface area is 139 Å². The molecule has 2 aromatic heterocycles. The minimum Gasteiger partial charge on any atom is -0.491 e. The van der Waals surface area contributed by atoms with Gasteiger partial charge in [0.25, 0.3) is 0 Å². The number of carboxylic acids is 1. The number of pyridine rings is 1. The first-order chi connectivity index (χ1) is 11.0. The molecule has 1 aliphatic carbocycles. The molecule has 0 amide bonds. The number of aliphatic carboxylic acids is 1. The number of hydrogen-bond acceptors (Lipinski definition) is 4. The Balaban J connectivity index is 2.45. The number of carbonyl (C=O) groups is 1. The van der Waals surface area contributed by atoms with Crippen LogP contribution in [0.2, 0.25) is 4.34 Å². The molecule has 4 nitrogen and oxygen atoms in total. The molecule has 2 aromatic rings. The maximum Gasteiger partial charge on any atom is 0.328 e. The Morgan fingerprint density at radius 3 is 3.00 bits per heavy atom. The van der Waals surface area contributed by atoms with Gasteiger partial charge in [0, 0.05) is 27.3 Å². The monoisotopic (exact) mass is 351 g/mol. The summed E-state index contributed by atoms with van der Waals surface area (Å²) in [5, 5.41) is 10.0. The van der Waals surface area contributed by atoms with Gasteiger partial charge in [-0.05, 0) is 25.1 Å². The van der Waals surface area contributed by atoms with Crippen LogP contribution in [0.5, 0.6) is 0 Å². The molecule has 0 aliphatic heterocycles. The molecule has 1 aliphatic rings. The number of aromatic nitrogens is 1. The lowest BCUT2D eigenvalue weighted by Crippen LogP contribution is -2.31. The average molecular weight is 352 g/mol. The van der Waals surface area contributed by atoms with E-state index in [1.54, 1.807) is 12.1 Å². The molecular formula is C16H11ClFNO3S. The number of nitrogens with zero attached hydrogens (tertiary/aromatic N) is 1. The maximum absolute atomic E-state index is 13.6. The molecule has 2 heterocycles. The summed E-state index contributed by atoms with van der Waals surface area (Å²) in [5.41, 5.74) is 1.08. The number of carboxylic acid groups (broad SMARTS) is 1. The van der Waals surface area contributed by atoms with Gasteiger partial charge in [0.2, 0.25) is 0 Å². The van der Waals surface area contributed by atoms with E-state index >= 15 is 0 Å². The lowest BCUT2D eigenvalue weighted by molar-refractivity contribution is -0.131. The fourth-order valence-corrected chi connectivity index (χ4v) is 3.60. The minimum atomic E-state index is -1.10. The van der Waals surface area contributed by atoms with E-state index in [9.17, 15) is 9.18 Å². The molecule has 23 heavy (non-hydrogen) atoms. The third-order valence-electron chi connectivity index (χ3n) is 3.19. The fourth-order valence-electron chi connectivity index (χ4n) is 2.39. The van der Waals surface area contributed by atoms with Gasteiger partial charge >= 0.3 is 5.97 Å². The molecule has 0 spiro atoms. The molecule has 118 valence electrons. The highest BCUT2D eigenvalue weighted by atomic mass is 35.5. The Bertz CT molecular complexity index is 949. The lowest BCUT2D eigenvalue weighted by Gasteiger charge is -2.08. The van der Waals surface area contributed by atoms with Crippen LogP contribution in [0.25, 0.3) is 17.4 Å². The number of fused-ring (bicyclic) bond motifs is 2. The number of halogens is 2. The third-order valence-corrected chi connectivity index (χ3v) is 4.50. The van der Waals surface area contributed by atoms with Crippen LogP contribution in [0.4, 0.5) is 4.39 Å². The Kier molecular flexibility index (Phi) is 4.19. The number of allylic oxidation sites excluding steroid dienone is 1. The molecule has 0 radical (unpaired) electrons. The van der Waals surface area contributed by atoms with Gasteiger partial charge in [0.1, 0.15) is 11.2 Å². The molecule has 0 aromatic carbocycles. The molecule has 0 unspecified atom stereocenters. The van der Waals surface area contributed by atoms with E-state index in [0.29, 0.717) is 43.3 Å². The largest absolute Gasteiger partial charge is 0.491 e. The molecule has 3 rings (SSSR count). The van der Waals surface area contributed by atoms with Crippen molar-refractivity contribution in [1.29, 1.82) is 0 Å². The smallest absolute Gasteiger partial charge is 0.328 e. The highest BCUT2D eigenvalue weighted by Crippen LogP contribution is 2.37. The molecule has 0 saturated heterocycles. The van der Waals surface area contributed by atoms with Gasteiger partial charge in [0.15, 0.2) is 5.76 Å². The number of hydrogen-bond donors (Lipinski definition) is 1. The predicted octanol–water partition coefficient (Wildman–Crippen LogP) is 2.39. The van der Waals surface area contributed by atoms with Crippen molar-refractivity contribution < 1.29 is 19.0 Å².